The lowest BCUT2D eigenvalue weighted by Crippen LogP contribution is -2.38. The van der Waals surface area contributed by atoms with Crippen molar-refractivity contribution < 1.29 is 9.53 Å². The molecule has 1 atom stereocenters. The molecule has 0 aliphatic carbocycles. The Morgan fingerprint density at radius 1 is 1.47 bits per heavy atom. The van der Waals surface area contributed by atoms with Gasteiger partial charge in [-0.25, -0.2) is 0 Å². The van der Waals surface area contributed by atoms with E-state index in [4.69, 9.17) is 4.74 Å². The van der Waals surface area contributed by atoms with Crippen LogP contribution < -0.4 is 10.1 Å². The summed E-state index contributed by atoms with van der Waals surface area (Å²) in [6.07, 6.45) is 1.84. The normalized spacial score (nSPS) is 14.9. The Morgan fingerprint density at radius 3 is 2.95 bits per heavy atom. The van der Waals surface area contributed by atoms with Gasteiger partial charge in [-0.3, -0.25) is 4.79 Å². The second kappa shape index (κ2) is 6.42. The summed E-state index contributed by atoms with van der Waals surface area (Å²) in [6.45, 7) is 4.98. The maximum absolute atomic E-state index is 12.3. The molecule has 0 aromatic heterocycles. The molecule has 3 nitrogen and oxygen atoms in total. The van der Waals surface area contributed by atoms with E-state index in [1.165, 1.54) is 0 Å². The van der Waals surface area contributed by atoms with Crippen LogP contribution >= 0.6 is 15.9 Å². The summed E-state index contributed by atoms with van der Waals surface area (Å²) in [4.78, 5) is 12.3. The van der Waals surface area contributed by atoms with Crippen LogP contribution in [0.15, 0.2) is 18.2 Å². The monoisotopic (exact) mass is 325 g/mol. The van der Waals surface area contributed by atoms with Crippen molar-refractivity contribution in [3.63, 3.8) is 0 Å². The molecule has 4 heteroatoms. The zero-order valence-corrected chi connectivity index (χ0v) is 13.0. The molecule has 1 unspecified atom stereocenters. The highest BCUT2D eigenvalue weighted by molar-refractivity contribution is 9.09. The van der Waals surface area contributed by atoms with Crippen molar-refractivity contribution in [2.24, 2.45) is 5.92 Å². The number of rotatable bonds is 5. The van der Waals surface area contributed by atoms with Gasteiger partial charge in [0.15, 0.2) is 0 Å². The second-order valence-electron chi connectivity index (χ2n) is 5.22. The molecule has 0 saturated heterocycles. The van der Waals surface area contributed by atoms with Gasteiger partial charge in [0, 0.05) is 23.4 Å². The van der Waals surface area contributed by atoms with Gasteiger partial charge in [-0.05, 0) is 36.1 Å². The van der Waals surface area contributed by atoms with E-state index in [-0.39, 0.29) is 11.9 Å². The van der Waals surface area contributed by atoms with Crippen molar-refractivity contribution in [3.8, 4) is 5.75 Å². The molecular weight excluding hydrogens is 306 g/mol. The summed E-state index contributed by atoms with van der Waals surface area (Å²) in [5.74, 6) is 1.35. The Labute approximate surface area is 122 Å². The molecular formula is C15H20BrNO2. The number of carbonyl (C=O) groups is 1. The number of benzene rings is 1. The van der Waals surface area contributed by atoms with E-state index in [9.17, 15) is 4.79 Å². The van der Waals surface area contributed by atoms with Crippen LogP contribution in [0.1, 0.15) is 36.2 Å². The van der Waals surface area contributed by atoms with Gasteiger partial charge in [-0.15, -0.1) is 0 Å². The topological polar surface area (TPSA) is 38.3 Å². The Kier molecular flexibility index (Phi) is 4.86. The molecule has 104 valence electrons. The van der Waals surface area contributed by atoms with Gasteiger partial charge < -0.3 is 10.1 Å². The van der Waals surface area contributed by atoms with Crippen LogP contribution in [0.2, 0.25) is 0 Å². The molecule has 1 N–H and O–H groups in total. The van der Waals surface area contributed by atoms with Gasteiger partial charge in [0.05, 0.1) is 6.61 Å². The van der Waals surface area contributed by atoms with Crippen LogP contribution in [0, 0.1) is 5.92 Å². The fourth-order valence-corrected chi connectivity index (χ4v) is 2.76. The number of amides is 1. The van der Waals surface area contributed by atoms with Gasteiger partial charge in [-0.1, -0.05) is 29.8 Å². The number of carbonyl (C=O) groups excluding carboxylic acids is 1. The van der Waals surface area contributed by atoms with Crippen molar-refractivity contribution in [1.29, 1.82) is 0 Å². The summed E-state index contributed by atoms with van der Waals surface area (Å²) >= 11 is 3.44. The van der Waals surface area contributed by atoms with Gasteiger partial charge in [0.2, 0.25) is 0 Å². The first-order valence-electron chi connectivity index (χ1n) is 6.74. The predicted octanol–water partition coefficient (Wildman–Crippen LogP) is 3.16. The summed E-state index contributed by atoms with van der Waals surface area (Å²) in [5.41, 5.74) is 1.86. The van der Waals surface area contributed by atoms with Crippen LogP contribution in [-0.2, 0) is 6.42 Å². The first-order chi connectivity index (χ1) is 9.11. The van der Waals surface area contributed by atoms with Crippen molar-refractivity contribution in [2.45, 2.75) is 32.7 Å². The third kappa shape index (κ3) is 3.50. The summed E-state index contributed by atoms with van der Waals surface area (Å²) in [7, 11) is 0. The molecule has 1 amide bonds. The summed E-state index contributed by atoms with van der Waals surface area (Å²) < 4.78 is 5.45. The highest BCUT2D eigenvalue weighted by atomic mass is 79.9. The third-order valence-electron chi connectivity index (χ3n) is 3.49. The molecule has 1 aliphatic heterocycles. The molecule has 0 bridgehead atoms. The number of ether oxygens (including phenoxy) is 1. The van der Waals surface area contributed by atoms with E-state index in [1.807, 2.05) is 18.2 Å². The van der Waals surface area contributed by atoms with Crippen molar-refractivity contribution in [2.75, 3.05) is 11.9 Å². The molecule has 0 spiro atoms. The van der Waals surface area contributed by atoms with E-state index in [1.54, 1.807) is 0 Å². The summed E-state index contributed by atoms with van der Waals surface area (Å²) in [5, 5.41) is 4.01. The van der Waals surface area contributed by atoms with Gasteiger partial charge in [0.25, 0.3) is 5.91 Å². The standard InChI is InChI=1S/C15H20BrNO2/c1-10(2)13(5-7-16)17-15(18)12-3-4-14-11(9-12)6-8-19-14/h3-4,9-10,13H,5-8H2,1-2H3,(H,17,18). The number of alkyl halides is 1. The first-order valence-corrected chi connectivity index (χ1v) is 7.86. The molecule has 1 aromatic rings. The first kappa shape index (κ1) is 14.4. The Bertz CT molecular complexity index is 459. The smallest absolute Gasteiger partial charge is 0.251 e. The number of fused-ring (bicyclic) bond motifs is 1. The van der Waals surface area contributed by atoms with E-state index < -0.39 is 0 Å². The maximum Gasteiger partial charge on any atom is 0.251 e. The van der Waals surface area contributed by atoms with E-state index in [0.29, 0.717) is 5.92 Å². The van der Waals surface area contributed by atoms with Crippen LogP contribution in [0.4, 0.5) is 0 Å². The van der Waals surface area contributed by atoms with Gasteiger partial charge in [0.1, 0.15) is 5.75 Å². The lowest BCUT2D eigenvalue weighted by atomic mass is 10.0. The van der Waals surface area contributed by atoms with Gasteiger partial charge >= 0.3 is 0 Å². The molecule has 0 saturated carbocycles. The minimum Gasteiger partial charge on any atom is -0.493 e. The van der Waals surface area contributed by atoms with Crippen LogP contribution in [0.25, 0.3) is 0 Å². The minimum absolute atomic E-state index is 0.00866. The SMILES string of the molecule is CC(C)C(CCBr)NC(=O)c1ccc2c(c1)CCO2. The number of halogens is 1. The highest BCUT2D eigenvalue weighted by Crippen LogP contribution is 2.26. The maximum atomic E-state index is 12.3. The zero-order chi connectivity index (χ0) is 13.8. The molecule has 19 heavy (non-hydrogen) atoms. The molecule has 1 aromatic carbocycles. The number of hydrogen-bond acceptors (Lipinski definition) is 2. The minimum atomic E-state index is 0.00866. The molecule has 2 rings (SSSR count). The fourth-order valence-electron chi connectivity index (χ4n) is 2.27. The zero-order valence-electron chi connectivity index (χ0n) is 11.4. The van der Waals surface area contributed by atoms with Crippen LogP contribution in [-0.4, -0.2) is 23.9 Å². The van der Waals surface area contributed by atoms with E-state index in [2.05, 4.69) is 35.1 Å². The average molecular weight is 326 g/mol. The lowest BCUT2D eigenvalue weighted by Gasteiger charge is -2.21. The Morgan fingerprint density at radius 2 is 2.26 bits per heavy atom. The second-order valence-corrected chi connectivity index (χ2v) is 6.02. The average Bonchev–Trinajstić information content (AvgIpc) is 2.85. The highest BCUT2D eigenvalue weighted by Gasteiger charge is 2.19. The van der Waals surface area contributed by atoms with E-state index >= 15 is 0 Å². The van der Waals surface area contributed by atoms with Gasteiger partial charge in [-0.2, -0.15) is 0 Å². The quantitative estimate of drug-likeness (QED) is 0.844. The third-order valence-corrected chi connectivity index (χ3v) is 3.95. The largest absolute Gasteiger partial charge is 0.493 e. The molecule has 1 heterocycles. The van der Waals surface area contributed by atoms with Crippen LogP contribution in [0.3, 0.4) is 0 Å². The van der Waals surface area contributed by atoms with Crippen molar-refractivity contribution in [1.82, 2.24) is 5.32 Å². The lowest BCUT2D eigenvalue weighted by molar-refractivity contribution is 0.0925. The molecule has 0 fully saturated rings. The Hall–Kier alpha value is -1.03. The van der Waals surface area contributed by atoms with Crippen molar-refractivity contribution >= 4 is 21.8 Å². The Balaban J connectivity index is 2.07. The molecule has 1 aliphatic rings. The number of nitrogens with one attached hydrogen (secondary N) is 1. The predicted molar refractivity (Wildman–Crippen MR) is 80.1 cm³/mol. The number of hydrogen-bond donors (Lipinski definition) is 1. The van der Waals surface area contributed by atoms with E-state index in [0.717, 1.165) is 41.7 Å². The molecule has 0 radical (unpaired) electrons. The van der Waals surface area contributed by atoms with Crippen molar-refractivity contribution in [3.05, 3.63) is 29.3 Å². The van der Waals surface area contributed by atoms with Crippen LogP contribution in [0.5, 0.6) is 5.75 Å². The fraction of sp³-hybridized carbons (Fsp3) is 0.533. The summed E-state index contributed by atoms with van der Waals surface area (Å²) in [6, 6.07) is 5.89.